The molecule has 0 amide bonds. The van der Waals surface area contributed by atoms with Gasteiger partial charge in [0.1, 0.15) is 22.8 Å². The van der Waals surface area contributed by atoms with Gasteiger partial charge in [-0.3, -0.25) is 0 Å². The number of fused-ring (bicyclic) bond motifs is 1. The lowest BCUT2D eigenvalue weighted by Crippen LogP contribution is -2.47. The van der Waals surface area contributed by atoms with Crippen molar-refractivity contribution in [1.29, 1.82) is 0 Å². The fourth-order valence-corrected chi connectivity index (χ4v) is 4.71. The summed E-state index contributed by atoms with van der Waals surface area (Å²) in [6, 6.07) is 17.4. The van der Waals surface area contributed by atoms with E-state index in [1.54, 1.807) is 23.7 Å². The van der Waals surface area contributed by atoms with E-state index >= 15 is 0 Å². The van der Waals surface area contributed by atoms with Gasteiger partial charge in [0.15, 0.2) is 0 Å². The lowest BCUT2D eigenvalue weighted by atomic mass is 10.1. The van der Waals surface area contributed by atoms with E-state index in [0.717, 1.165) is 42.2 Å². The van der Waals surface area contributed by atoms with Crippen LogP contribution in [0.25, 0.3) is 21.3 Å². The maximum absolute atomic E-state index is 14.1. The summed E-state index contributed by atoms with van der Waals surface area (Å²) >= 11 is 1.65. The van der Waals surface area contributed by atoms with E-state index in [2.05, 4.69) is 49.4 Å². The van der Waals surface area contributed by atoms with E-state index < -0.39 is 0 Å². The van der Waals surface area contributed by atoms with Crippen molar-refractivity contribution >= 4 is 33.1 Å². The summed E-state index contributed by atoms with van der Waals surface area (Å²) in [4.78, 5) is 14.5. The zero-order valence-electron chi connectivity index (χ0n) is 15.3. The number of hydrogen-bond donors (Lipinski definition) is 0. The van der Waals surface area contributed by atoms with Gasteiger partial charge in [0.05, 0.1) is 11.1 Å². The number of benzene rings is 2. The average molecular weight is 390 g/mol. The van der Waals surface area contributed by atoms with Crippen molar-refractivity contribution in [3.63, 3.8) is 0 Å². The molecule has 140 valence electrons. The molecule has 3 heterocycles. The second kappa shape index (κ2) is 7.20. The van der Waals surface area contributed by atoms with E-state index in [-0.39, 0.29) is 5.82 Å². The Morgan fingerprint density at radius 2 is 1.54 bits per heavy atom. The van der Waals surface area contributed by atoms with Crippen LogP contribution in [0.4, 0.5) is 15.9 Å². The third-order valence-electron chi connectivity index (χ3n) is 5.21. The fraction of sp³-hybridized carbons (Fsp3) is 0.182. The van der Waals surface area contributed by atoms with Crippen LogP contribution >= 0.6 is 11.3 Å². The van der Waals surface area contributed by atoms with Gasteiger partial charge in [-0.25, -0.2) is 14.4 Å². The van der Waals surface area contributed by atoms with Crippen LogP contribution in [0.15, 0.2) is 66.3 Å². The molecule has 1 fully saturated rings. The Hall–Kier alpha value is -2.99. The van der Waals surface area contributed by atoms with E-state index in [0.29, 0.717) is 5.69 Å². The number of thiophene rings is 1. The molecule has 2 aromatic heterocycles. The monoisotopic (exact) mass is 390 g/mol. The maximum Gasteiger partial charge on any atom is 0.146 e. The van der Waals surface area contributed by atoms with Gasteiger partial charge < -0.3 is 9.80 Å². The Balaban J connectivity index is 1.46. The first kappa shape index (κ1) is 17.1. The molecule has 1 aliphatic rings. The molecule has 5 rings (SSSR count). The third kappa shape index (κ3) is 2.99. The van der Waals surface area contributed by atoms with Gasteiger partial charge in [-0.15, -0.1) is 11.3 Å². The number of hydrogen-bond acceptors (Lipinski definition) is 5. The highest BCUT2D eigenvalue weighted by atomic mass is 32.1. The van der Waals surface area contributed by atoms with E-state index in [4.69, 9.17) is 0 Å². The molecule has 1 saturated heterocycles. The summed E-state index contributed by atoms with van der Waals surface area (Å²) in [6.45, 7) is 3.11. The molecule has 4 nitrogen and oxygen atoms in total. The Morgan fingerprint density at radius 3 is 2.32 bits per heavy atom. The standard InChI is InChI=1S/C22H19FN4S/c23-18-8-4-5-9-19(18)26-10-12-27(13-11-26)21-20-17(16-6-2-1-3-7-16)14-28-22(20)25-15-24-21/h1-9,14-15H,10-13H2. The predicted molar refractivity (Wildman–Crippen MR) is 114 cm³/mol. The van der Waals surface area contributed by atoms with Crippen molar-refractivity contribution in [2.75, 3.05) is 36.0 Å². The minimum atomic E-state index is -0.162. The second-order valence-corrected chi connectivity index (χ2v) is 7.68. The smallest absolute Gasteiger partial charge is 0.146 e. The van der Waals surface area contributed by atoms with E-state index in [9.17, 15) is 4.39 Å². The number of piperazine rings is 1. The fourth-order valence-electron chi connectivity index (χ4n) is 3.80. The second-order valence-electron chi connectivity index (χ2n) is 6.82. The van der Waals surface area contributed by atoms with Gasteiger partial charge in [-0.05, 0) is 17.7 Å². The van der Waals surface area contributed by atoms with Crippen LogP contribution < -0.4 is 9.80 Å². The van der Waals surface area contributed by atoms with Crippen LogP contribution in [-0.4, -0.2) is 36.1 Å². The number of anilines is 2. The van der Waals surface area contributed by atoms with Gasteiger partial charge in [0.2, 0.25) is 0 Å². The van der Waals surface area contributed by atoms with Crippen LogP contribution in [0.1, 0.15) is 0 Å². The van der Waals surface area contributed by atoms with Crippen molar-refractivity contribution < 1.29 is 4.39 Å². The molecule has 2 aromatic carbocycles. The topological polar surface area (TPSA) is 32.3 Å². The van der Waals surface area contributed by atoms with Crippen molar-refractivity contribution in [1.82, 2.24) is 9.97 Å². The molecule has 0 radical (unpaired) electrons. The Bertz CT molecular complexity index is 1100. The largest absolute Gasteiger partial charge is 0.366 e. The molecule has 0 spiro atoms. The minimum Gasteiger partial charge on any atom is -0.366 e. The molecule has 0 bridgehead atoms. The van der Waals surface area contributed by atoms with Gasteiger partial charge in [-0.1, -0.05) is 42.5 Å². The number of aromatic nitrogens is 2. The van der Waals surface area contributed by atoms with Crippen molar-refractivity contribution in [2.24, 2.45) is 0 Å². The first-order chi connectivity index (χ1) is 13.8. The van der Waals surface area contributed by atoms with E-state index in [1.807, 2.05) is 18.2 Å². The number of halogens is 1. The average Bonchev–Trinajstić information content (AvgIpc) is 3.19. The Kier molecular flexibility index (Phi) is 4.41. The molecular weight excluding hydrogens is 371 g/mol. The summed E-state index contributed by atoms with van der Waals surface area (Å²) in [5.41, 5.74) is 3.03. The quantitative estimate of drug-likeness (QED) is 0.502. The summed E-state index contributed by atoms with van der Waals surface area (Å²) < 4.78 is 14.1. The molecular formula is C22H19FN4S. The highest BCUT2D eigenvalue weighted by Gasteiger charge is 2.23. The summed E-state index contributed by atoms with van der Waals surface area (Å²) in [5, 5.41) is 3.27. The molecule has 0 aliphatic carbocycles. The number of rotatable bonds is 3. The minimum absolute atomic E-state index is 0.162. The van der Waals surface area contributed by atoms with Crippen molar-refractivity contribution in [3.8, 4) is 11.1 Å². The molecule has 0 atom stereocenters. The van der Waals surface area contributed by atoms with Gasteiger partial charge in [-0.2, -0.15) is 0 Å². The molecule has 4 aromatic rings. The molecule has 0 saturated carbocycles. The van der Waals surface area contributed by atoms with Gasteiger partial charge in [0, 0.05) is 37.1 Å². The Labute approximate surface area is 166 Å². The van der Waals surface area contributed by atoms with Crippen LogP contribution in [0.5, 0.6) is 0 Å². The molecule has 0 N–H and O–H groups in total. The van der Waals surface area contributed by atoms with Crippen LogP contribution in [-0.2, 0) is 0 Å². The normalized spacial score (nSPS) is 14.6. The predicted octanol–water partition coefficient (Wildman–Crippen LogP) is 4.82. The Morgan fingerprint density at radius 1 is 0.821 bits per heavy atom. The zero-order valence-corrected chi connectivity index (χ0v) is 16.1. The summed E-state index contributed by atoms with van der Waals surface area (Å²) in [6.07, 6.45) is 1.65. The lowest BCUT2D eigenvalue weighted by molar-refractivity contribution is 0.596. The summed E-state index contributed by atoms with van der Waals surface area (Å²) in [5.74, 6) is 0.808. The highest BCUT2D eigenvalue weighted by molar-refractivity contribution is 7.17. The first-order valence-electron chi connectivity index (χ1n) is 9.33. The third-order valence-corrected chi connectivity index (χ3v) is 6.09. The molecule has 1 aliphatic heterocycles. The van der Waals surface area contributed by atoms with Crippen LogP contribution in [0, 0.1) is 5.82 Å². The van der Waals surface area contributed by atoms with Crippen molar-refractivity contribution in [2.45, 2.75) is 0 Å². The number of nitrogens with zero attached hydrogens (tertiary/aromatic N) is 4. The van der Waals surface area contributed by atoms with E-state index in [1.165, 1.54) is 17.2 Å². The lowest BCUT2D eigenvalue weighted by Gasteiger charge is -2.37. The summed E-state index contributed by atoms with van der Waals surface area (Å²) in [7, 11) is 0. The van der Waals surface area contributed by atoms with Crippen molar-refractivity contribution in [3.05, 3.63) is 72.1 Å². The highest BCUT2D eigenvalue weighted by Crippen LogP contribution is 2.38. The molecule has 0 unspecified atom stereocenters. The SMILES string of the molecule is Fc1ccccc1N1CCN(c2ncnc3scc(-c4ccccc4)c23)CC1. The van der Waals surface area contributed by atoms with Gasteiger partial charge >= 0.3 is 0 Å². The zero-order chi connectivity index (χ0) is 18.9. The number of para-hydroxylation sites is 1. The first-order valence-corrected chi connectivity index (χ1v) is 10.2. The molecule has 6 heteroatoms. The maximum atomic E-state index is 14.1. The molecule has 28 heavy (non-hydrogen) atoms. The van der Waals surface area contributed by atoms with Crippen LogP contribution in [0.2, 0.25) is 0 Å². The van der Waals surface area contributed by atoms with Crippen LogP contribution in [0.3, 0.4) is 0 Å². The van der Waals surface area contributed by atoms with Gasteiger partial charge in [0.25, 0.3) is 0 Å².